The Hall–Kier alpha value is -6.44. The molecule has 5 aliphatic rings. The first-order chi connectivity index (χ1) is 29.7. The van der Waals surface area contributed by atoms with Gasteiger partial charge in [-0.3, -0.25) is 0 Å². The Kier molecular flexibility index (Phi) is 8.51. The minimum Gasteiger partial charge on any atom is -0.311 e. The summed E-state index contributed by atoms with van der Waals surface area (Å²) in [5, 5.41) is 0. The highest BCUT2D eigenvalue weighted by atomic mass is 15.1. The average molecular weight is 772 g/mol. The lowest BCUT2D eigenvalue weighted by Gasteiger charge is -2.53. The van der Waals surface area contributed by atoms with Crippen LogP contribution in [0, 0.1) is 23.7 Å². The van der Waals surface area contributed by atoms with Gasteiger partial charge in [0.25, 0.3) is 0 Å². The van der Waals surface area contributed by atoms with E-state index in [9.17, 15) is 0 Å². The molecular weight excluding hydrogens is 723 g/mol. The first-order valence-electron chi connectivity index (χ1n) is 22.3. The van der Waals surface area contributed by atoms with Crippen LogP contribution < -0.4 is 4.90 Å². The summed E-state index contributed by atoms with van der Waals surface area (Å²) in [7, 11) is 0. The number of hydrogen-bond donors (Lipinski definition) is 0. The van der Waals surface area contributed by atoms with E-state index in [0.717, 1.165) is 40.7 Å². The standard InChI is InChI=1S/C59H49N/c1-3-10-42(11-4-1)45-23-30-51(31-24-45)60(52-32-25-46(26-33-52)43-12-5-2-6-13-43)53-34-27-47(28-35-53)44-19-21-48(22-20-44)54-15-9-17-57-58(54)55-14-7-8-16-56(55)59(57)49-29-18-40-36-41(38-49)39-50(59)37-40/h1-17,19-28,30-35,40-41,49-50H,18,29,36-39H2. The van der Waals surface area contributed by atoms with Crippen LogP contribution in [0.4, 0.5) is 17.1 Å². The average Bonchev–Trinajstić information content (AvgIpc) is 3.46. The molecule has 4 saturated carbocycles. The fourth-order valence-corrected chi connectivity index (χ4v) is 12.5. The van der Waals surface area contributed by atoms with Gasteiger partial charge in [-0.25, -0.2) is 0 Å². The Morgan fingerprint density at radius 3 is 1.33 bits per heavy atom. The van der Waals surface area contributed by atoms with Crippen LogP contribution in [0.3, 0.4) is 0 Å². The van der Waals surface area contributed by atoms with Crippen molar-refractivity contribution in [3.8, 4) is 55.6 Å². The van der Waals surface area contributed by atoms with Crippen LogP contribution in [-0.2, 0) is 5.41 Å². The molecule has 0 heterocycles. The molecule has 0 aromatic heterocycles. The molecular formula is C59H49N. The summed E-state index contributed by atoms with van der Waals surface area (Å²) in [4.78, 5) is 2.36. The number of rotatable bonds is 7. The molecule has 1 spiro atoms. The molecule has 0 amide bonds. The van der Waals surface area contributed by atoms with Crippen molar-refractivity contribution in [2.24, 2.45) is 23.7 Å². The highest BCUT2D eigenvalue weighted by molar-refractivity contribution is 5.93. The summed E-state index contributed by atoms with van der Waals surface area (Å²) in [5.41, 5.74) is 19.8. The summed E-state index contributed by atoms with van der Waals surface area (Å²) in [6.45, 7) is 0. The van der Waals surface area contributed by atoms with Gasteiger partial charge in [0.15, 0.2) is 0 Å². The Balaban J connectivity index is 0.875. The largest absolute Gasteiger partial charge is 0.311 e. The molecule has 5 unspecified atom stereocenters. The summed E-state index contributed by atoms with van der Waals surface area (Å²) < 4.78 is 0. The maximum atomic E-state index is 2.52. The Morgan fingerprint density at radius 2 is 0.750 bits per heavy atom. The first kappa shape index (κ1) is 35.5. The van der Waals surface area contributed by atoms with Gasteiger partial charge in [0, 0.05) is 22.5 Å². The fraction of sp³-hybridized carbons (Fsp3) is 0.186. The summed E-state index contributed by atoms with van der Waals surface area (Å²) in [6.07, 6.45) is 8.55. The van der Waals surface area contributed by atoms with Crippen molar-refractivity contribution in [1.82, 2.24) is 0 Å². The van der Waals surface area contributed by atoms with Crippen molar-refractivity contribution in [1.29, 1.82) is 0 Å². The minimum atomic E-state index is 0.178. The second-order valence-electron chi connectivity index (χ2n) is 18.1. The summed E-state index contributed by atoms with van der Waals surface area (Å²) in [6, 6.07) is 74.4. The monoisotopic (exact) mass is 771 g/mol. The third kappa shape index (κ3) is 5.74. The third-order valence-electron chi connectivity index (χ3n) is 15.0. The van der Waals surface area contributed by atoms with Crippen LogP contribution >= 0.6 is 0 Å². The molecule has 4 bridgehead atoms. The van der Waals surface area contributed by atoms with Gasteiger partial charge < -0.3 is 4.90 Å². The molecule has 0 aliphatic heterocycles. The molecule has 60 heavy (non-hydrogen) atoms. The summed E-state index contributed by atoms with van der Waals surface area (Å²) >= 11 is 0. The molecule has 4 fully saturated rings. The van der Waals surface area contributed by atoms with Crippen LogP contribution in [0.25, 0.3) is 55.6 Å². The molecule has 1 nitrogen and oxygen atoms in total. The lowest BCUT2D eigenvalue weighted by Crippen LogP contribution is -2.48. The van der Waals surface area contributed by atoms with Gasteiger partial charge in [-0.1, -0.05) is 170 Å². The quantitative estimate of drug-likeness (QED) is 0.156. The van der Waals surface area contributed by atoms with Gasteiger partial charge in [0.1, 0.15) is 0 Å². The molecule has 1 heteroatoms. The van der Waals surface area contributed by atoms with Crippen molar-refractivity contribution in [2.45, 2.75) is 43.9 Å². The van der Waals surface area contributed by atoms with E-state index in [1.807, 2.05) is 0 Å². The summed E-state index contributed by atoms with van der Waals surface area (Å²) in [5.74, 6) is 3.40. The number of fused-ring (bicyclic) bond motifs is 4. The fourth-order valence-electron chi connectivity index (χ4n) is 12.5. The van der Waals surface area contributed by atoms with Gasteiger partial charge in [0.05, 0.1) is 0 Å². The lowest BCUT2D eigenvalue weighted by atomic mass is 9.51. The predicted octanol–water partition coefficient (Wildman–Crippen LogP) is 15.9. The molecule has 0 radical (unpaired) electrons. The highest BCUT2D eigenvalue weighted by Crippen LogP contribution is 2.68. The molecule has 0 saturated heterocycles. The van der Waals surface area contributed by atoms with E-state index in [0.29, 0.717) is 0 Å². The molecule has 5 atom stereocenters. The molecule has 0 N–H and O–H groups in total. The van der Waals surface area contributed by atoms with E-state index in [2.05, 4.69) is 205 Å². The molecule has 8 aromatic carbocycles. The molecule has 5 aliphatic carbocycles. The molecule has 13 rings (SSSR count). The second kappa shape index (κ2) is 14.4. The van der Waals surface area contributed by atoms with Crippen LogP contribution in [0.2, 0.25) is 0 Å². The van der Waals surface area contributed by atoms with Crippen LogP contribution in [-0.4, -0.2) is 0 Å². The Labute approximate surface area is 355 Å². The van der Waals surface area contributed by atoms with E-state index in [1.54, 1.807) is 11.1 Å². The Bertz CT molecular complexity index is 2710. The SMILES string of the molecule is c1ccc(-c2ccc(N(c3ccc(-c4ccccc4)cc3)c3ccc(-c4ccc(-c5cccc6c5-c5ccccc5C65C6CCC7CC(C6)CC5C7)cc4)cc3)cc2)cc1. The zero-order valence-electron chi connectivity index (χ0n) is 34.1. The van der Waals surface area contributed by atoms with Crippen LogP contribution in [0.5, 0.6) is 0 Å². The molecule has 8 aromatic rings. The minimum absolute atomic E-state index is 0.178. The number of anilines is 3. The topological polar surface area (TPSA) is 3.24 Å². The normalized spacial score (nSPS) is 22.0. The zero-order valence-corrected chi connectivity index (χ0v) is 34.1. The third-order valence-corrected chi connectivity index (χ3v) is 15.0. The van der Waals surface area contributed by atoms with Gasteiger partial charge in [-0.15, -0.1) is 0 Å². The number of nitrogens with zero attached hydrogens (tertiary/aromatic N) is 1. The smallest absolute Gasteiger partial charge is 0.0462 e. The zero-order chi connectivity index (χ0) is 39.6. The highest BCUT2D eigenvalue weighted by Gasteiger charge is 2.59. The van der Waals surface area contributed by atoms with E-state index in [-0.39, 0.29) is 5.41 Å². The van der Waals surface area contributed by atoms with Crippen molar-refractivity contribution >= 4 is 17.1 Å². The van der Waals surface area contributed by atoms with E-state index in [1.165, 1.54) is 94.2 Å². The van der Waals surface area contributed by atoms with Crippen molar-refractivity contribution in [3.63, 3.8) is 0 Å². The van der Waals surface area contributed by atoms with Gasteiger partial charge in [-0.2, -0.15) is 0 Å². The van der Waals surface area contributed by atoms with Crippen LogP contribution in [0.1, 0.15) is 49.7 Å². The predicted molar refractivity (Wildman–Crippen MR) is 251 cm³/mol. The maximum absolute atomic E-state index is 2.52. The van der Waals surface area contributed by atoms with Crippen molar-refractivity contribution in [2.75, 3.05) is 4.90 Å². The van der Waals surface area contributed by atoms with Gasteiger partial charge in [0.2, 0.25) is 0 Å². The van der Waals surface area contributed by atoms with Crippen LogP contribution in [0.15, 0.2) is 200 Å². The van der Waals surface area contributed by atoms with E-state index in [4.69, 9.17) is 0 Å². The first-order valence-corrected chi connectivity index (χ1v) is 22.3. The van der Waals surface area contributed by atoms with E-state index >= 15 is 0 Å². The maximum Gasteiger partial charge on any atom is 0.0462 e. The molecule has 290 valence electrons. The number of benzene rings is 8. The lowest BCUT2D eigenvalue weighted by molar-refractivity contribution is 0.0618. The van der Waals surface area contributed by atoms with Gasteiger partial charge in [-0.05, 0) is 159 Å². The van der Waals surface area contributed by atoms with Gasteiger partial charge >= 0.3 is 0 Å². The second-order valence-corrected chi connectivity index (χ2v) is 18.1. The Morgan fingerprint density at radius 1 is 0.317 bits per heavy atom. The van der Waals surface area contributed by atoms with Crippen molar-refractivity contribution < 1.29 is 0 Å². The van der Waals surface area contributed by atoms with Crippen molar-refractivity contribution in [3.05, 3.63) is 211 Å². The number of hydrogen-bond acceptors (Lipinski definition) is 1. The van der Waals surface area contributed by atoms with E-state index < -0.39 is 0 Å².